The summed E-state index contributed by atoms with van der Waals surface area (Å²) in [6, 6.07) is 13.6. The molecule has 1 saturated heterocycles. The van der Waals surface area contributed by atoms with E-state index < -0.39 is 0 Å². The number of aromatic nitrogens is 4. The molecule has 1 fully saturated rings. The predicted octanol–water partition coefficient (Wildman–Crippen LogP) is 6.15. The van der Waals surface area contributed by atoms with Crippen LogP contribution in [0.2, 0.25) is 0 Å². The van der Waals surface area contributed by atoms with Crippen LogP contribution in [0.25, 0.3) is 5.65 Å². The lowest BCUT2D eigenvalue weighted by molar-refractivity contribution is 0.170. The van der Waals surface area contributed by atoms with Gasteiger partial charge >= 0.3 is 6.03 Å². The van der Waals surface area contributed by atoms with Crippen molar-refractivity contribution in [3.63, 3.8) is 0 Å². The Morgan fingerprint density at radius 3 is 2.60 bits per heavy atom. The van der Waals surface area contributed by atoms with Crippen LogP contribution in [-0.4, -0.2) is 51.2 Å². The van der Waals surface area contributed by atoms with Crippen LogP contribution in [0.15, 0.2) is 54.9 Å². The molecule has 2 amide bonds. The zero-order valence-electron chi connectivity index (χ0n) is 25.8. The molecular weight excluding hydrogens is 542 g/mol. The number of benzene rings is 1. The average molecular weight is 584 g/mol. The summed E-state index contributed by atoms with van der Waals surface area (Å²) in [6.07, 6.45) is 7.31. The highest BCUT2D eigenvalue weighted by Gasteiger charge is 2.40. The summed E-state index contributed by atoms with van der Waals surface area (Å²) < 4.78 is 14.1. The van der Waals surface area contributed by atoms with Gasteiger partial charge in [-0.2, -0.15) is 0 Å². The van der Waals surface area contributed by atoms with Gasteiger partial charge in [-0.15, -0.1) is 10.2 Å². The van der Waals surface area contributed by atoms with E-state index in [1.54, 1.807) is 13.3 Å². The van der Waals surface area contributed by atoms with Crippen molar-refractivity contribution < 1.29 is 14.3 Å². The number of anilines is 1. The predicted molar refractivity (Wildman–Crippen MR) is 166 cm³/mol. The van der Waals surface area contributed by atoms with E-state index >= 15 is 0 Å². The molecule has 1 aromatic carbocycles. The molecule has 1 unspecified atom stereocenters. The fraction of sp³-hybridized carbons (Fsp3) is 0.455. The molecule has 10 heteroatoms. The third-order valence-corrected chi connectivity index (χ3v) is 9.03. The number of likely N-dealkylation sites (tertiary alicyclic amines) is 1. The fourth-order valence-electron chi connectivity index (χ4n) is 6.31. The van der Waals surface area contributed by atoms with Gasteiger partial charge in [-0.25, -0.2) is 9.78 Å². The summed E-state index contributed by atoms with van der Waals surface area (Å²) in [5.74, 6) is 2.08. The highest BCUT2D eigenvalue weighted by atomic mass is 16.5. The molecule has 2 aliphatic rings. The van der Waals surface area contributed by atoms with E-state index in [1.807, 2.05) is 36.5 Å². The van der Waals surface area contributed by atoms with Gasteiger partial charge in [-0.3, -0.25) is 9.30 Å². The number of fused-ring (bicyclic) bond motifs is 2. The number of amides is 2. The van der Waals surface area contributed by atoms with Gasteiger partial charge in [0.1, 0.15) is 17.5 Å². The second-order valence-electron chi connectivity index (χ2n) is 12.9. The number of carbonyl (C=O) groups is 1. The maximum Gasteiger partial charge on any atom is 0.319 e. The molecule has 3 atom stereocenters. The lowest BCUT2D eigenvalue weighted by atomic mass is 9.85. The molecule has 4 aromatic rings. The van der Waals surface area contributed by atoms with Crippen molar-refractivity contribution in [3.05, 3.63) is 77.4 Å². The number of urea groups is 1. The Bertz CT molecular complexity index is 1650. The molecule has 2 N–H and O–H groups in total. The Hall–Kier alpha value is -4.18. The van der Waals surface area contributed by atoms with Crippen LogP contribution >= 0.6 is 0 Å². The molecular formula is C33H41N7O3. The number of nitrogens with zero attached hydrogens (tertiary/aromatic N) is 5. The van der Waals surface area contributed by atoms with Crippen LogP contribution < -0.4 is 20.1 Å². The van der Waals surface area contributed by atoms with Crippen LogP contribution in [0.5, 0.6) is 11.6 Å². The van der Waals surface area contributed by atoms with Crippen LogP contribution in [0.3, 0.4) is 0 Å². The molecule has 0 saturated carbocycles. The second-order valence-corrected chi connectivity index (χ2v) is 12.9. The average Bonchev–Trinajstić information content (AvgIpc) is 3.56. The molecule has 226 valence electrons. The van der Waals surface area contributed by atoms with E-state index in [9.17, 15) is 4.79 Å². The van der Waals surface area contributed by atoms with Gasteiger partial charge in [0.15, 0.2) is 11.5 Å². The van der Waals surface area contributed by atoms with Crippen LogP contribution in [-0.2, 0) is 11.0 Å². The first-order valence-corrected chi connectivity index (χ1v) is 15.0. The second kappa shape index (κ2) is 11.1. The molecule has 0 spiro atoms. The Labute approximate surface area is 252 Å². The Morgan fingerprint density at radius 1 is 1.09 bits per heavy atom. The first-order valence-electron chi connectivity index (χ1n) is 15.0. The van der Waals surface area contributed by atoms with Crippen LogP contribution in [0.4, 0.5) is 10.5 Å². The monoisotopic (exact) mass is 583 g/mol. The Balaban J connectivity index is 1.20. The van der Waals surface area contributed by atoms with Crippen molar-refractivity contribution in [1.82, 2.24) is 29.8 Å². The van der Waals surface area contributed by atoms with E-state index in [2.05, 4.69) is 82.0 Å². The highest BCUT2D eigenvalue weighted by Crippen LogP contribution is 2.40. The fourth-order valence-corrected chi connectivity index (χ4v) is 6.31. The number of methoxy groups -OCH3 is 1. The van der Waals surface area contributed by atoms with Crippen molar-refractivity contribution in [2.75, 3.05) is 26.0 Å². The molecule has 10 nitrogen and oxygen atoms in total. The minimum atomic E-state index is -0.304. The number of hydrogen-bond donors (Lipinski definition) is 2. The van der Waals surface area contributed by atoms with E-state index in [-0.39, 0.29) is 29.1 Å². The topological polar surface area (TPSA) is 106 Å². The summed E-state index contributed by atoms with van der Waals surface area (Å²) in [4.78, 5) is 20.0. The van der Waals surface area contributed by atoms with E-state index in [0.717, 1.165) is 66.1 Å². The summed E-state index contributed by atoms with van der Waals surface area (Å²) in [5.41, 5.74) is 4.20. The van der Waals surface area contributed by atoms with Gasteiger partial charge in [-0.05, 0) is 86.5 Å². The maximum atomic E-state index is 13.2. The largest absolute Gasteiger partial charge is 0.484 e. The highest BCUT2D eigenvalue weighted by molar-refractivity contribution is 5.91. The van der Waals surface area contributed by atoms with Gasteiger partial charge in [0.2, 0.25) is 5.88 Å². The molecule has 3 aromatic heterocycles. The first kappa shape index (κ1) is 28.9. The van der Waals surface area contributed by atoms with E-state index in [0.29, 0.717) is 11.6 Å². The number of carbonyl (C=O) groups excluding carboxylic acids is 1. The van der Waals surface area contributed by atoms with Crippen LogP contribution in [0, 0.1) is 0 Å². The van der Waals surface area contributed by atoms with Gasteiger partial charge in [-0.1, -0.05) is 45.0 Å². The first-order chi connectivity index (χ1) is 20.6. The van der Waals surface area contributed by atoms with Crippen LogP contribution in [0.1, 0.15) is 88.0 Å². The molecule has 4 heterocycles. The Kier molecular flexibility index (Phi) is 7.50. The zero-order valence-corrected chi connectivity index (χ0v) is 25.8. The molecule has 1 aliphatic carbocycles. The SMILES string of the molecule is COc1ncc(C(C)(C)C)cc1NC(=O)N[C@H]1CC[C@@H](Oc2ccc3nnc(C4(C)CCCN4C)n3c2)c2ccccc21. The number of pyridine rings is 2. The normalized spacial score (nSPS) is 22.3. The molecule has 6 rings (SSSR count). The van der Waals surface area contributed by atoms with Crippen molar-refractivity contribution >= 4 is 17.4 Å². The van der Waals surface area contributed by atoms with Gasteiger partial charge < -0.3 is 20.1 Å². The lowest BCUT2D eigenvalue weighted by Gasteiger charge is -2.32. The van der Waals surface area contributed by atoms with Gasteiger partial charge in [0, 0.05) is 6.20 Å². The number of nitrogens with one attached hydrogen (secondary N) is 2. The minimum absolute atomic E-state index is 0.116. The molecule has 1 aliphatic heterocycles. The third-order valence-electron chi connectivity index (χ3n) is 9.03. The summed E-state index contributed by atoms with van der Waals surface area (Å²) in [7, 11) is 3.70. The third kappa shape index (κ3) is 5.51. The number of hydrogen-bond acceptors (Lipinski definition) is 7. The van der Waals surface area contributed by atoms with E-state index in [4.69, 9.17) is 9.47 Å². The van der Waals surface area contributed by atoms with Crippen molar-refractivity contribution in [1.29, 1.82) is 0 Å². The molecule has 0 bridgehead atoms. The minimum Gasteiger partial charge on any atom is -0.484 e. The Morgan fingerprint density at radius 2 is 1.88 bits per heavy atom. The number of ether oxygens (including phenoxy) is 2. The molecule has 0 radical (unpaired) electrons. The summed E-state index contributed by atoms with van der Waals surface area (Å²) in [5, 5.41) is 15.1. The molecule has 43 heavy (non-hydrogen) atoms. The van der Waals surface area contributed by atoms with Gasteiger partial charge in [0.05, 0.1) is 24.9 Å². The smallest absolute Gasteiger partial charge is 0.319 e. The van der Waals surface area contributed by atoms with Crippen molar-refractivity contribution in [3.8, 4) is 11.6 Å². The van der Waals surface area contributed by atoms with Gasteiger partial charge in [0.25, 0.3) is 0 Å². The summed E-state index contributed by atoms with van der Waals surface area (Å²) >= 11 is 0. The lowest BCUT2D eigenvalue weighted by Crippen LogP contribution is -2.37. The van der Waals surface area contributed by atoms with Crippen molar-refractivity contribution in [2.45, 2.75) is 76.5 Å². The standard InChI is InChI=1S/C33H41N7O3/c1-32(2,3)21-18-26(29(42-6)34-19-21)36-31(41)35-25-13-14-27(24-11-8-7-10-23(24)25)43-22-12-15-28-37-38-30(40(28)20-22)33(4)16-9-17-39(33)5/h7-8,10-12,15,18-20,25,27H,9,13-14,16-17H2,1-6H3,(H2,35,36,41)/t25-,27+,33?/m0/s1. The summed E-state index contributed by atoms with van der Waals surface area (Å²) in [6.45, 7) is 9.60. The quantitative estimate of drug-likeness (QED) is 0.281. The van der Waals surface area contributed by atoms with E-state index in [1.165, 1.54) is 0 Å². The zero-order chi connectivity index (χ0) is 30.4. The maximum absolute atomic E-state index is 13.2. The van der Waals surface area contributed by atoms with Crippen molar-refractivity contribution in [2.24, 2.45) is 0 Å². The number of rotatable bonds is 6.